The van der Waals surface area contributed by atoms with Gasteiger partial charge in [0.15, 0.2) is 5.16 Å². The quantitative estimate of drug-likeness (QED) is 0.444. The van der Waals surface area contributed by atoms with Crippen molar-refractivity contribution in [2.24, 2.45) is 11.8 Å². The number of thioether (sulfide) groups is 1. The summed E-state index contributed by atoms with van der Waals surface area (Å²) in [6.07, 6.45) is 1.16. The van der Waals surface area contributed by atoms with Crippen LogP contribution in [0.2, 0.25) is 0 Å². The zero-order chi connectivity index (χ0) is 22.1. The molecule has 0 bridgehead atoms. The van der Waals surface area contributed by atoms with E-state index in [-0.39, 0.29) is 17.2 Å². The minimum absolute atomic E-state index is 0.102. The number of piperidine rings is 1. The van der Waals surface area contributed by atoms with Gasteiger partial charge in [-0.05, 0) is 61.4 Å². The number of aryl methyl sites for hydroxylation is 1. The van der Waals surface area contributed by atoms with Gasteiger partial charge in [-0.1, -0.05) is 49.9 Å². The Morgan fingerprint density at radius 3 is 2.52 bits per heavy atom. The van der Waals surface area contributed by atoms with Crippen LogP contribution in [0.4, 0.5) is 0 Å². The van der Waals surface area contributed by atoms with E-state index >= 15 is 0 Å². The molecule has 0 unspecified atom stereocenters. The Hall–Kier alpha value is -2.60. The number of benzene rings is 2. The van der Waals surface area contributed by atoms with Crippen molar-refractivity contribution in [3.8, 4) is 5.69 Å². The number of rotatable bonds is 4. The molecule has 0 radical (unpaired) electrons. The Labute approximate surface area is 187 Å². The molecule has 162 valence electrons. The number of likely N-dealkylation sites (tertiary alicyclic amines) is 1. The van der Waals surface area contributed by atoms with Crippen molar-refractivity contribution in [3.63, 3.8) is 0 Å². The molecule has 2 heterocycles. The van der Waals surface area contributed by atoms with Gasteiger partial charge >= 0.3 is 0 Å². The Morgan fingerprint density at radius 1 is 1.06 bits per heavy atom. The summed E-state index contributed by atoms with van der Waals surface area (Å²) in [5.41, 5.74) is 3.52. The molecule has 5 nitrogen and oxygen atoms in total. The van der Waals surface area contributed by atoms with Gasteiger partial charge in [0, 0.05) is 13.1 Å². The van der Waals surface area contributed by atoms with Gasteiger partial charge in [0.05, 0.1) is 22.3 Å². The summed E-state index contributed by atoms with van der Waals surface area (Å²) in [7, 11) is 0. The number of hydrogen-bond donors (Lipinski definition) is 0. The van der Waals surface area contributed by atoms with Crippen molar-refractivity contribution in [2.75, 3.05) is 18.8 Å². The molecule has 1 aliphatic heterocycles. The average molecular weight is 436 g/mol. The summed E-state index contributed by atoms with van der Waals surface area (Å²) < 4.78 is 1.67. The largest absolute Gasteiger partial charge is 0.341 e. The van der Waals surface area contributed by atoms with E-state index in [9.17, 15) is 9.59 Å². The number of para-hydroxylation sites is 1. The summed E-state index contributed by atoms with van der Waals surface area (Å²) in [6, 6.07) is 13.3. The van der Waals surface area contributed by atoms with E-state index in [4.69, 9.17) is 4.98 Å². The fraction of sp³-hybridized carbons (Fsp3) is 0.400. The second-order valence-electron chi connectivity index (χ2n) is 8.80. The molecule has 0 saturated carbocycles. The third-order valence-corrected chi connectivity index (χ3v) is 7.03. The maximum atomic E-state index is 13.5. The highest BCUT2D eigenvalue weighted by Crippen LogP contribution is 2.26. The van der Waals surface area contributed by atoms with Gasteiger partial charge < -0.3 is 4.90 Å². The molecule has 4 rings (SSSR count). The van der Waals surface area contributed by atoms with Gasteiger partial charge in [0.1, 0.15) is 0 Å². The lowest BCUT2D eigenvalue weighted by atomic mass is 9.92. The highest BCUT2D eigenvalue weighted by Gasteiger charge is 2.26. The first-order valence-corrected chi connectivity index (χ1v) is 11.8. The van der Waals surface area contributed by atoms with Gasteiger partial charge in [0.2, 0.25) is 5.91 Å². The zero-order valence-corrected chi connectivity index (χ0v) is 19.4. The van der Waals surface area contributed by atoms with E-state index < -0.39 is 0 Å². The molecule has 6 heteroatoms. The van der Waals surface area contributed by atoms with Crippen LogP contribution in [0.15, 0.2) is 52.4 Å². The lowest BCUT2D eigenvalue weighted by molar-refractivity contribution is -0.130. The van der Waals surface area contributed by atoms with Crippen molar-refractivity contribution in [1.29, 1.82) is 0 Å². The molecule has 31 heavy (non-hydrogen) atoms. The van der Waals surface area contributed by atoms with Crippen LogP contribution in [0.5, 0.6) is 0 Å². The van der Waals surface area contributed by atoms with Crippen LogP contribution < -0.4 is 5.56 Å². The van der Waals surface area contributed by atoms with Crippen LogP contribution in [0.1, 0.15) is 31.4 Å². The van der Waals surface area contributed by atoms with Crippen LogP contribution in [-0.4, -0.2) is 39.2 Å². The Bertz CT molecular complexity index is 1180. The third kappa shape index (κ3) is 4.40. The maximum Gasteiger partial charge on any atom is 0.266 e. The molecule has 1 aromatic heterocycles. The highest BCUT2D eigenvalue weighted by molar-refractivity contribution is 7.99. The van der Waals surface area contributed by atoms with E-state index in [0.717, 1.165) is 36.3 Å². The number of aromatic nitrogens is 2. The highest BCUT2D eigenvalue weighted by atomic mass is 32.2. The predicted octanol–water partition coefficient (Wildman–Crippen LogP) is 4.60. The molecule has 3 aromatic rings. The number of carbonyl (C=O) groups is 1. The summed E-state index contributed by atoms with van der Waals surface area (Å²) in [5, 5.41) is 1.14. The van der Waals surface area contributed by atoms with Crippen molar-refractivity contribution in [1.82, 2.24) is 14.5 Å². The molecule has 1 amide bonds. The van der Waals surface area contributed by atoms with Gasteiger partial charge in [-0.25, -0.2) is 4.98 Å². The molecular weight excluding hydrogens is 406 g/mol. The molecule has 1 aliphatic rings. The molecular formula is C25H29N3O2S. The van der Waals surface area contributed by atoms with E-state index in [1.807, 2.05) is 61.2 Å². The van der Waals surface area contributed by atoms with Crippen LogP contribution in [0.25, 0.3) is 16.6 Å². The molecule has 0 spiro atoms. The molecule has 0 aliphatic carbocycles. The van der Waals surface area contributed by atoms with E-state index in [1.54, 1.807) is 4.57 Å². The summed E-state index contributed by atoms with van der Waals surface area (Å²) >= 11 is 1.35. The summed E-state index contributed by atoms with van der Waals surface area (Å²) in [5.74, 6) is 1.42. The first kappa shape index (κ1) is 21.6. The fourth-order valence-corrected chi connectivity index (χ4v) is 5.39. The minimum atomic E-state index is -0.102. The minimum Gasteiger partial charge on any atom is -0.341 e. The second-order valence-corrected chi connectivity index (χ2v) is 9.75. The van der Waals surface area contributed by atoms with E-state index in [1.165, 1.54) is 11.8 Å². The SMILES string of the molecule is Cc1cccc(-n2c(SCC(=O)N3C[C@H](C)C[C@@H](C)C3)nc3ccccc3c2=O)c1C. The lowest BCUT2D eigenvalue weighted by Crippen LogP contribution is -2.43. The normalized spacial score (nSPS) is 19.0. The van der Waals surface area contributed by atoms with Gasteiger partial charge in [-0.2, -0.15) is 0 Å². The third-order valence-electron chi connectivity index (χ3n) is 6.11. The van der Waals surface area contributed by atoms with Crippen molar-refractivity contribution >= 4 is 28.6 Å². The standard InChI is InChI=1S/C25H29N3O2S/c1-16-12-17(2)14-27(13-16)23(29)15-31-25-26-21-10-6-5-9-20(21)24(30)28(25)22-11-7-8-18(3)19(22)4/h5-11,16-17H,12-15H2,1-4H3/t16-,17-/m1/s1. The van der Waals surface area contributed by atoms with Crippen molar-refractivity contribution in [3.05, 3.63) is 63.9 Å². The van der Waals surface area contributed by atoms with E-state index in [2.05, 4.69) is 13.8 Å². The molecule has 1 saturated heterocycles. The number of amides is 1. The maximum absolute atomic E-state index is 13.5. The average Bonchev–Trinajstić information content (AvgIpc) is 2.74. The summed E-state index contributed by atoms with van der Waals surface area (Å²) in [6.45, 7) is 10.1. The molecule has 2 aromatic carbocycles. The predicted molar refractivity (Wildman–Crippen MR) is 127 cm³/mol. The van der Waals surface area contributed by atoms with Crippen LogP contribution in [0.3, 0.4) is 0 Å². The fourth-order valence-electron chi connectivity index (χ4n) is 4.48. The number of carbonyl (C=O) groups excluding carboxylic acids is 1. The Balaban J connectivity index is 1.72. The Kier molecular flexibility index (Phi) is 6.19. The number of hydrogen-bond acceptors (Lipinski definition) is 4. The summed E-state index contributed by atoms with van der Waals surface area (Å²) in [4.78, 5) is 33.2. The molecule has 2 atom stereocenters. The van der Waals surface area contributed by atoms with Gasteiger partial charge in [0.25, 0.3) is 5.56 Å². The van der Waals surface area contributed by atoms with Crippen LogP contribution in [0, 0.1) is 25.7 Å². The number of fused-ring (bicyclic) bond motifs is 1. The van der Waals surface area contributed by atoms with Crippen LogP contribution in [-0.2, 0) is 4.79 Å². The van der Waals surface area contributed by atoms with Crippen LogP contribution >= 0.6 is 11.8 Å². The second kappa shape index (κ2) is 8.87. The lowest BCUT2D eigenvalue weighted by Gasteiger charge is -2.35. The first-order chi connectivity index (χ1) is 14.8. The van der Waals surface area contributed by atoms with Crippen molar-refractivity contribution < 1.29 is 4.79 Å². The van der Waals surface area contributed by atoms with Gasteiger partial charge in [-0.15, -0.1) is 0 Å². The Morgan fingerprint density at radius 2 is 1.77 bits per heavy atom. The van der Waals surface area contributed by atoms with Crippen molar-refractivity contribution in [2.45, 2.75) is 39.3 Å². The topological polar surface area (TPSA) is 55.2 Å². The zero-order valence-electron chi connectivity index (χ0n) is 18.6. The molecule has 1 fully saturated rings. The first-order valence-electron chi connectivity index (χ1n) is 10.8. The number of nitrogens with zero attached hydrogens (tertiary/aromatic N) is 3. The smallest absolute Gasteiger partial charge is 0.266 e. The molecule has 0 N–H and O–H groups in total. The monoisotopic (exact) mass is 435 g/mol. The van der Waals surface area contributed by atoms with E-state index in [0.29, 0.717) is 27.9 Å². The van der Waals surface area contributed by atoms with Gasteiger partial charge in [-0.3, -0.25) is 14.2 Å².